The van der Waals surface area contributed by atoms with Gasteiger partial charge in [-0.15, -0.1) is 11.3 Å². The number of ether oxygens (including phenoxy) is 3. The number of fused-ring (bicyclic) bond motifs is 1. The van der Waals surface area contributed by atoms with Crippen molar-refractivity contribution in [3.63, 3.8) is 0 Å². The third-order valence-corrected chi connectivity index (χ3v) is 7.67. The predicted octanol–water partition coefficient (Wildman–Crippen LogP) is 3.38. The summed E-state index contributed by atoms with van der Waals surface area (Å²) in [6, 6.07) is 8.33. The van der Waals surface area contributed by atoms with Crippen LogP contribution in [0.5, 0.6) is 17.2 Å². The van der Waals surface area contributed by atoms with Gasteiger partial charge in [-0.1, -0.05) is 6.07 Å². The maximum atomic E-state index is 12.9. The summed E-state index contributed by atoms with van der Waals surface area (Å²) in [4.78, 5) is 12.3. The van der Waals surface area contributed by atoms with Crippen molar-refractivity contribution in [1.29, 1.82) is 0 Å². The molecule has 0 unspecified atom stereocenters. The van der Waals surface area contributed by atoms with Gasteiger partial charge >= 0.3 is 0 Å². The molecule has 0 saturated heterocycles. The number of hydrogen-bond donors (Lipinski definition) is 1. The Balaban J connectivity index is 1.65. The first-order chi connectivity index (χ1) is 15.0. The Bertz CT molecular complexity index is 1200. The van der Waals surface area contributed by atoms with Crippen LogP contribution in [0.15, 0.2) is 56.7 Å². The van der Waals surface area contributed by atoms with Crippen LogP contribution in [-0.4, -0.2) is 28.2 Å². The lowest BCUT2D eigenvalue weighted by Gasteiger charge is -2.14. The van der Waals surface area contributed by atoms with Crippen molar-refractivity contribution >= 4 is 33.2 Å². The van der Waals surface area contributed by atoms with Crippen molar-refractivity contribution in [2.45, 2.75) is 16.5 Å². The second-order valence-corrected chi connectivity index (χ2v) is 9.70. The molecule has 3 heterocycles. The molecule has 0 aliphatic carbocycles. The monoisotopic (exact) mass is 461 g/mol. The molecule has 4 rings (SSSR count). The van der Waals surface area contributed by atoms with E-state index in [0.717, 1.165) is 11.3 Å². The molecule has 8 nitrogen and oxygen atoms in total. The molecule has 0 bridgehead atoms. The van der Waals surface area contributed by atoms with Gasteiger partial charge in [0.25, 0.3) is 0 Å². The molecule has 0 radical (unpaired) electrons. The van der Waals surface area contributed by atoms with Crippen molar-refractivity contribution < 1.29 is 31.8 Å². The van der Waals surface area contributed by atoms with Crippen molar-refractivity contribution in [3.8, 4) is 17.2 Å². The number of hydrogen-bond acceptors (Lipinski definition) is 8. The van der Waals surface area contributed by atoms with Crippen LogP contribution in [0.1, 0.15) is 16.9 Å². The van der Waals surface area contributed by atoms with Gasteiger partial charge in [0, 0.05) is 11.6 Å². The Morgan fingerprint density at radius 3 is 2.87 bits per heavy atom. The van der Waals surface area contributed by atoms with Crippen LogP contribution in [0, 0.1) is 0 Å². The number of amides is 1. The molecule has 1 aromatic carbocycles. The highest BCUT2D eigenvalue weighted by molar-refractivity contribution is 7.92. The Hall–Kier alpha value is -3.24. The average Bonchev–Trinajstić information content (AvgIpc) is 3.52. The van der Waals surface area contributed by atoms with Crippen molar-refractivity contribution in [2.24, 2.45) is 0 Å². The third-order valence-electron chi connectivity index (χ3n) is 4.51. The molecule has 1 N–H and O–H groups in total. The maximum Gasteiger partial charge on any atom is 0.244 e. The number of carbonyl (C=O) groups is 1. The molecular weight excluding hydrogens is 442 g/mol. The second-order valence-electron chi connectivity index (χ2n) is 6.54. The Morgan fingerprint density at radius 2 is 2.16 bits per heavy atom. The van der Waals surface area contributed by atoms with Gasteiger partial charge in [-0.3, -0.25) is 4.79 Å². The number of methoxy groups -OCH3 is 1. The summed E-state index contributed by atoms with van der Waals surface area (Å²) >= 11 is 1.15. The summed E-state index contributed by atoms with van der Waals surface area (Å²) in [6.07, 6.45) is 4.34. The third kappa shape index (κ3) is 4.59. The Kier molecular flexibility index (Phi) is 6.01. The minimum atomic E-state index is -3.59. The summed E-state index contributed by atoms with van der Waals surface area (Å²) < 4.78 is 47.6. The van der Waals surface area contributed by atoms with Crippen LogP contribution in [0.4, 0.5) is 0 Å². The minimum Gasteiger partial charge on any atom is -0.492 e. The number of thiophene rings is 1. The van der Waals surface area contributed by atoms with Gasteiger partial charge in [0.1, 0.15) is 9.97 Å². The van der Waals surface area contributed by atoms with Crippen LogP contribution in [0.3, 0.4) is 0 Å². The van der Waals surface area contributed by atoms with E-state index in [1.165, 1.54) is 25.5 Å². The first-order valence-electron chi connectivity index (χ1n) is 9.22. The Morgan fingerprint density at radius 1 is 1.29 bits per heavy atom. The van der Waals surface area contributed by atoms with E-state index in [1.54, 1.807) is 35.7 Å². The standard InChI is InChI=1S/C21H19NO7S2/c1-26-20-16(6-7-18(23)22-11-15-4-2-8-27-15)14(10-17-21(20)29-13-28-17)12-31(24,25)19-5-3-9-30-19/h2-10H,11-13H2,1H3,(H,22,23)/b7-6+. The fourth-order valence-electron chi connectivity index (χ4n) is 3.10. The highest BCUT2D eigenvalue weighted by atomic mass is 32.2. The zero-order chi connectivity index (χ0) is 21.8. The maximum absolute atomic E-state index is 12.9. The fourth-order valence-corrected chi connectivity index (χ4v) is 5.56. The molecule has 0 fully saturated rings. The molecule has 0 saturated carbocycles. The van der Waals surface area contributed by atoms with Gasteiger partial charge in [0.05, 0.1) is 25.7 Å². The van der Waals surface area contributed by atoms with E-state index in [1.807, 2.05) is 0 Å². The number of benzene rings is 1. The molecule has 3 aromatic rings. The first kappa shape index (κ1) is 21.0. The quantitative estimate of drug-likeness (QED) is 0.513. The van der Waals surface area contributed by atoms with E-state index in [9.17, 15) is 13.2 Å². The van der Waals surface area contributed by atoms with Gasteiger partial charge in [-0.25, -0.2) is 8.42 Å². The Labute approximate surface area is 183 Å². The van der Waals surface area contributed by atoms with Gasteiger partial charge in [-0.05, 0) is 41.3 Å². The summed E-state index contributed by atoms with van der Waals surface area (Å²) in [5.41, 5.74) is 0.865. The van der Waals surface area contributed by atoms with Crippen molar-refractivity contribution in [2.75, 3.05) is 13.9 Å². The van der Waals surface area contributed by atoms with Crippen LogP contribution in [0.25, 0.3) is 6.08 Å². The molecule has 10 heteroatoms. The van der Waals surface area contributed by atoms with Crippen LogP contribution < -0.4 is 19.5 Å². The zero-order valence-electron chi connectivity index (χ0n) is 16.5. The zero-order valence-corrected chi connectivity index (χ0v) is 18.1. The lowest BCUT2D eigenvalue weighted by molar-refractivity contribution is -0.116. The average molecular weight is 462 g/mol. The van der Waals surface area contributed by atoms with E-state index in [-0.39, 0.29) is 29.2 Å². The van der Waals surface area contributed by atoms with Crippen molar-refractivity contribution in [1.82, 2.24) is 5.32 Å². The number of furan rings is 1. The van der Waals surface area contributed by atoms with Crippen LogP contribution >= 0.6 is 11.3 Å². The van der Waals surface area contributed by atoms with E-state index < -0.39 is 9.84 Å². The molecule has 2 aromatic heterocycles. The predicted molar refractivity (Wildman–Crippen MR) is 114 cm³/mol. The number of nitrogens with one attached hydrogen (secondary N) is 1. The molecule has 162 valence electrons. The highest BCUT2D eigenvalue weighted by Crippen LogP contribution is 2.46. The smallest absolute Gasteiger partial charge is 0.244 e. The summed E-state index contributed by atoms with van der Waals surface area (Å²) in [5.74, 6) is 1.03. The number of rotatable bonds is 8. The van der Waals surface area contributed by atoms with E-state index in [0.29, 0.717) is 34.1 Å². The normalized spacial score (nSPS) is 12.9. The summed E-state index contributed by atoms with van der Waals surface area (Å²) in [7, 11) is -2.15. The van der Waals surface area contributed by atoms with Gasteiger partial charge in [0.2, 0.25) is 18.4 Å². The van der Waals surface area contributed by atoms with E-state index in [2.05, 4.69) is 5.32 Å². The topological polar surface area (TPSA) is 104 Å². The van der Waals surface area contributed by atoms with Crippen molar-refractivity contribution in [3.05, 3.63) is 64.9 Å². The number of sulfone groups is 1. The van der Waals surface area contributed by atoms with Crippen LogP contribution in [0.2, 0.25) is 0 Å². The largest absolute Gasteiger partial charge is 0.492 e. The SMILES string of the molecule is COc1c(/C=C/C(=O)NCc2ccco2)c(CS(=O)(=O)c2cccs2)cc2c1OCO2. The molecule has 31 heavy (non-hydrogen) atoms. The van der Waals surface area contributed by atoms with Crippen LogP contribution in [-0.2, 0) is 26.9 Å². The fraction of sp³-hybridized carbons (Fsp3) is 0.190. The van der Waals surface area contributed by atoms with Gasteiger partial charge in [0.15, 0.2) is 21.3 Å². The van der Waals surface area contributed by atoms with Gasteiger partial charge < -0.3 is 23.9 Å². The second kappa shape index (κ2) is 8.86. The molecule has 1 amide bonds. The lowest BCUT2D eigenvalue weighted by atomic mass is 10.1. The molecular formula is C21H19NO7S2. The van der Waals surface area contributed by atoms with E-state index >= 15 is 0 Å². The first-order valence-corrected chi connectivity index (χ1v) is 11.7. The number of carbonyl (C=O) groups excluding carboxylic acids is 1. The summed E-state index contributed by atoms with van der Waals surface area (Å²) in [6.45, 7) is 0.230. The van der Waals surface area contributed by atoms with Gasteiger partial charge in [-0.2, -0.15) is 0 Å². The van der Waals surface area contributed by atoms with E-state index in [4.69, 9.17) is 18.6 Å². The highest BCUT2D eigenvalue weighted by Gasteiger charge is 2.27. The molecule has 0 atom stereocenters. The molecule has 1 aliphatic rings. The summed E-state index contributed by atoms with van der Waals surface area (Å²) in [5, 5.41) is 4.41. The lowest BCUT2D eigenvalue weighted by Crippen LogP contribution is -2.19. The molecule has 1 aliphatic heterocycles. The minimum absolute atomic E-state index is 0.000388. The molecule has 0 spiro atoms.